The average Bonchev–Trinajstić information content (AvgIpc) is 3.13. The maximum Gasteiger partial charge on any atom is 0.258 e. The molecule has 1 aliphatic heterocycles. The summed E-state index contributed by atoms with van der Waals surface area (Å²) in [6.45, 7) is 4.50. The average molecular weight is 387 g/mol. The van der Waals surface area contributed by atoms with Crippen LogP contribution < -0.4 is 9.62 Å². The highest BCUT2D eigenvalue weighted by Crippen LogP contribution is 2.30. The van der Waals surface area contributed by atoms with Gasteiger partial charge in [-0.1, -0.05) is 5.16 Å². The first kappa shape index (κ1) is 19.7. The molecule has 0 spiro atoms. The van der Waals surface area contributed by atoms with Crippen molar-refractivity contribution < 1.29 is 12.9 Å². The van der Waals surface area contributed by atoms with Crippen LogP contribution in [0.4, 0.5) is 5.69 Å². The Kier molecular flexibility index (Phi) is 6.08. The van der Waals surface area contributed by atoms with Crippen LogP contribution in [0.5, 0.6) is 0 Å². The van der Waals surface area contributed by atoms with Crippen LogP contribution in [0.1, 0.15) is 24.7 Å². The second-order valence-electron chi connectivity index (χ2n) is 6.15. The number of nitrogens with zero attached hydrogens (tertiary/aromatic N) is 3. The van der Waals surface area contributed by atoms with E-state index in [-0.39, 0.29) is 24.2 Å². The quantitative estimate of drug-likeness (QED) is 0.847. The van der Waals surface area contributed by atoms with Crippen molar-refractivity contribution in [1.82, 2.24) is 15.5 Å². The molecule has 0 aliphatic carbocycles. The van der Waals surface area contributed by atoms with Crippen LogP contribution >= 0.6 is 12.4 Å². The number of anilines is 1. The Hall–Kier alpha value is -1.64. The molecule has 1 fully saturated rings. The van der Waals surface area contributed by atoms with Gasteiger partial charge in [0.2, 0.25) is 10.0 Å². The van der Waals surface area contributed by atoms with Gasteiger partial charge in [-0.3, -0.25) is 4.31 Å². The van der Waals surface area contributed by atoms with E-state index < -0.39 is 10.0 Å². The standard InChI is InChI=1S/C16H22N4O3S.ClH/c1-11-9-13(20-7-4-8-24(20,21)22)5-6-14(11)16-18-15(19-23-16)10-12(2)17-3;/h5-6,9,12,17H,4,7-8,10H2,1-3H3;1H. The lowest BCUT2D eigenvalue weighted by atomic mass is 10.1. The Morgan fingerprint density at radius 3 is 2.76 bits per heavy atom. The number of likely N-dealkylation sites (N-methyl/N-ethyl adjacent to an activating group) is 1. The number of aromatic nitrogens is 2. The molecular weight excluding hydrogens is 364 g/mol. The summed E-state index contributed by atoms with van der Waals surface area (Å²) in [5, 5.41) is 7.15. The van der Waals surface area contributed by atoms with Gasteiger partial charge >= 0.3 is 0 Å². The number of nitrogens with one attached hydrogen (secondary N) is 1. The molecular formula is C16H23ClN4O3S. The molecule has 9 heteroatoms. The summed E-state index contributed by atoms with van der Waals surface area (Å²) in [4.78, 5) is 4.44. The second-order valence-corrected chi connectivity index (χ2v) is 8.16. The van der Waals surface area contributed by atoms with Gasteiger partial charge in [-0.2, -0.15) is 4.98 Å². The minimum absolute atomic E-state index is 0. The molecule has 138 valence electrons. The van der Waals surface area contributed by atoms with Crippen molar-refractivity contribution in [3.63, 3.8) is 0 Å². The van der Waals surface area contributed by atoms with E-state index in [1.165, 1.54) is 4.31 Å². The van der Waals surface area contributed by atoms with Crippen LogP contribution in [-0.2, 0) is 16.4 Å². The van der Waals surface area contributed by atoms with Gasteiger partial charge in [-0.15, -0.1) is 12.4 Å². The highest BCUT2D eigenvalue weighted by atomic mass is 35.5. The molecule has 1 aliphatic rings. The Labute approximate surface area is 154 Å². The molecule has 1 aromatic heterocycles. The van der Waals surface area contributed by atoms with Crippen LogP contribution in [-0.4, -0.2) is 43.9 Å². The summed E-state index contributed by atoms with van der Waals surface area (Å²) in [5.74, 6) is 1.32. The molecule has 2 aromatic rings. The van der Waals surface area contributed by atoms with Crippen LogP contribution in [0.2, 0.25) is 0 Å². The molecule has 7 nitrogen and oxygen atoms in total. The van der Waals surface area contributed by atoms with E-state index in [2.05, 4.69) is 15.5 Å². The summed E-state index contributed by atoms with van der Waals surface area (Å²) in [5.41, 5.74) is 2.43. The molecule has 1 saturated heterocycles. The smallest absolute Gasteiger partial charge is 0.258 e. The molecule has 3 rings (SSSR count). The summed E-state index contributed by atoms with van der Waals surface area (Å²) in [6.07, 6.45) is 1.35. The molecule has 2 heterocycles. The fourth-order valence-corrected chi connectivity index (χ4v) is 4.35. The maximum atomic E-state index is 12.0. The lowest BCUT2D eigenvalue weighted by Gasteiger charge is -2.17. The van der Waals surface area contributed by atoms with Crippen molar-refractivity contribution in [2.75, 3.05) is 23.7 Å². The molecule has 0 bridgehead atoms. The number of benzene rings is 1. The maximum absolute atomic E-state index is 12.0. The highest BCUT2D eigenvalue weighted by molar-refractivity contribution is 7.93. The van der Waals surface area contributed by atoms with E-state index >= 15 is 0 Å². The monoisotopic (exact) mass is 386 g/mol. The largest absolute Gasteiger partial charge is 0.334 e. The van der Waals surface area contributed by atoms with Gasteiger partial charge < -0.3 is 9.84 Å². The third kappa shape index (κ3) is 4.13. The zero-order valence-electron chi connectivity index (χ0n) is 14.5. The van der Waals surface area contributed by atoms with E-state index in [0.717, 1.165) is 11.1 Å². The highest BCUT2D eigenvalue weighted by Gasteiger charge is 2.28. The van der Waals surface area contributed by atoms with Gasteiger partial charge in [-0.05, 0) is 51.1 Å². The van der Waals surface area contributed by atoms with Gasteiger partial charge in [0.05, 0.1) is 11.4 Å². The molecule has 0 amide bonds. The molecule has 0 radical (unpaired) electrons. The van der Waals surface area contributed by atoms with E-state index in [1.54, 1.807) is 6.07 Å². The number of hydrogen-bond acceptors (Lipinski definition) is 6. The third-order valence-corrected chi connectivity index (χ3v) is 6.15. The first-order valence-corrected chi connectivity index (χ1v) is 9.63. The molecule has 25 heavy (non-hydrogen) atoms. The number of rotatable bonds is 5. The molecule has 1 atom stereocenters. The molecule has 0 saturated carbocycles. The number of aryl methyl sites for hydroxylation is 1. The Bertz CT molecular complexity index is 838. The first-order valence-electron chi connectivity index (χ1n) is 8.02. The van der Waals surface area contributed by atoms with Crippen LogP contribution in [0.15, 0.2) is 22.7 Å². The van der Waals surface area contributed by atoms with E-state index in [4.69, 9.17) is 4.52 Å². The van der Waals surface area contributed by atoms with Crippen molar-refractivity contribution in [2.24, 2.45) is 0 Å². The van der Waals surface area contributed by atoms with Gasteiger partial charge in [0.1, 0.15) is 0 Å². The van der Waals surface area contributed by atoms with Crippen LogP contribution in [0.3, 0.4) is 0 Å². The predicted molar refractivity (Wildman–Crippen MR) is 99.7 cm³/mol. The van der Waals surface area contributed by atoms with Gasteiger partial charge in [0.15, 0.2) is 5.82 Å². The third-order valence-electron chi connectivity index (χ3n) is 4.28. The van der Waals surface area contributed by atoms with Crippen molar-refractivity contribution in [2.45, 2.75) is 32.7 Å². The Morgan fingerprint density at radius 1 is 1.40 bits per heavy atom. The Morgan fingerprint density at radius 2 is 2.16 bits per heavy atom. The van der Waals surface area contributed by atoms with Gasteiger partial charge in [0, 0.05) is 24.6 Å². The fraction of sp³-hybridized carbons (Fsp3) is 0.500. The van der Waals surface area contributed by atoms with Gasteiger partial charge in [0.25, 0.3) is 5.89 Å². The summed E-state index contributed by atoms with van der Waals surface area (Å²) in [7, 11) is -1.28. The van der Waals surface area contributed by atoms with Gasteiger partial charge in [-0.25, -0.2) is 8.42 Å². The van der Waals surface area contributed by atoms with Crippen LogP contribution in [0, 0.1) is 6.92 Å². The fourth-order valence-electron chi connectivity index (χ4n) is 2.79. The first-order chi connectivity index (χ1) is 11.4. The molecule has 1 unspecified atom stereocenters. The predicted octanol–water partition coefficient (Wildman–Crippen LogP) is 2.16. The van der Waals surface area contributed by atoms with E-state index in [1.807, 2.05) is 33.0 Å². The summed E-state index contributed by atoms with van der Waals surface area (Å²) >= 11 is 0. The van der Waals surface area contributed by atoms with Crippen LogP contribution in [0.25, 0.3) is 11.5 Å². The molecule has 1 aromatic carbocycles. The lowest BCUT2D eigenvalue weighted by molar-refractivity contribution is 0.418. The minimum Gasteiger partial charge on any atom is -0.334 e. The summed E-state index contributed by atoms with van der Waals surface area (Å²) in [6, 6.07) is 5.76. The van der Waals surface area contributed by atoms with Crippen molar-refractivity contribution >= 4 is 28.1 Å². The lowest BCUT2D eigenvalue weighted by Crippen LogP contribution is -2.25. The number of halogens is 1. The van der Waals surface area contributed by atoms with Crippen molar-refractivity contribution in [3.05, 3.63) is 29.6 Å². The number of sulfonamides is 1. The SMILES string of the molecule is CNC(C)Cc1noc(-c2ccc(N3CCCS3(=O)=O)cc2C)n1.Cl. The normalized spacial score (nSPS) is 17.3. The minimum atomic E-state index is -3.17. The zero-order chi connectivity index (χ0) is 17.3. The van der Waals surface area contributed by atoms with Crippen molar-refractivity contribution in [1.29, 1.82) is 0 Å². The second kappa shape index (κ2) is 7.72. The zero-order valence-corrected chi connectivity index (χ0v) is 16.2. The topological polar surface area (TPSA) is 88.3 Å². The Balaban J connectivity index is 0.00000225. The number of hydrogen-bond donors (Lipinski definition) is 1. The van der Waals surface area contributed by atoms with E-state index in [0.29, 0.717) is 36.8 Å². The summed E-state index contributed by atoms with van der Waals surface area (Å²) < 4.78 is 30.9. The molecule has 1 N–H and O–H groups in total. The van der Waals surface area contributed by atoms with Crippen molar-refractivity contribution in [3.8, 4) is 11.5 Å². The van der Waals surface area contributed by atoms with E-state index in [9.17, 15) is 8.42 Å².